The molecule has 0 bridgehead atoms. The zero-order chi connectivity index (χ0) is 36.6. The molecule has 15 nitrogen and oxygen atoms in total. The highest BCUT2D eigenvalue weighted by Gasteiger charge is 2.38. The van der Waals surface area contributed by atoms with E-state index in [9.17, 15) is 37.5 Å². The smallest absolute Gasteiger partial charge is 0.480 e. The third kappa shape index (κ3) is 15.1. The van der Waals surface area contributed by atoms with Crippen LogP contribution in [0, 0.1) is 22.7 Å². The Hall–Kier alpha value is -4.90. The van der Waals surface area contributed by atoms with Gasteiger partial charge in [0.05, 0.1) is 0 Å². The second kappa shape index (κ2) is 19.7. The molecule has 268 valence electrons. The quantitative estimate of drug-likeness (QED) is 0.0550. The van der Waals surface area contributed by atoms with Crippen molar-refractivity contribution in [3.05, 3.63) is 35.4 Å². The number of nitrogens with two attached hydrogens (primary N) is 2. The Labute approximate surface area is 276 Å². The van der Waals surface area contributed by atoms with Crippen molar-refractivity contribution in [2.24, 2.45) is 23.3 Å². The molecule has 1 aromatic carbocycles. The van der Waals surface area contributed by atoms with Crippen LogP contribution in [0.4, 0.5) is 13.2 Å². The Morgan fingerprint density at radius 3 is 1.94 bits per heavy atom. The first-order valence-electron chi connectivity index (χ1n) is 15.2. The van der Waals surface area contributed by atoms with Crippen molar-refractivity contribution in [3.63, 3.8) is 0 Å². The molecule has 0 radical (unpaired) electrons. The van der Waals surface area contributed by atoms with E-state index < -0.39 is 53.8 Å². The van der Waals surface area contributed by atoms with E-state index in [1.165, 1.54) is 4.90 Å². The van der Waals surface area contributed by atoms with E-state index in [2.05, 4.69) is 16.0 Å². The lowest BCUT2D eigenvalue weighted by atomic mass is 9.84. The number of carbonyl (C=O) groups excluding carboxylic acids is 3. The van der Waals surface area contributed by atoms with Crippen LogP contribution in [-0.2, 0) is 30.4 Å². The lowest BCUT2D eigenvalue weighted by molar-refractivity contribution is -0.192. The molecule has 1 saturated carbocycles. The van der Waals surface area contributed by atoms with Crippen LogP contribution in [-0.4, -0.2) is 95.5 Å². The van der Waals surface area contributed by atoms with Crippen LogP contribution in [0.3, 0.4) is 0 Å². The van der Waals surface area contributed by atoms with E-state index in [1.807, 2.05) is 0 Å². The van der Waals surface area contributed by atoms with E-state index >= 15 is 0 Å². The van der Waals surface area contributed by atoms with Gasteiger partial charge in [0.1, 0.15) is 23.8 Å². The van der Waals surface area contributed by atoms with Gasteiger partial charge in [0, 0.05) is 26.2 Å². The van der Waals surface area contributed by atoms with Gasteiger partial charge >= 0.3 is 18.1 Å². The summed E-state index contributed by atoms with van der Waals surface area (Å²) in [7, 11) is 3.10. The predicted molar refractivity (Wildman–Crippen MR) is 169 cm³/mol. The molecule has 1 aliphatic rings. The van der Waals surface area contributed by atoms with Crippen LogP contribution in [0.2, 0.25) is 0 Å². The summed E-state index contributed by atoms with van der Waals surface area (Å²) in [6.45, 7) is 0.277. The lowest BCUT2D eigenvalue weighted by Gasteiger charge is -2.29. The van der Waals surface area contributed by atoms with Gasteiger partial charge in [-0.15, -0.1) is 0 Å². The van der Waals surface area contributed by atoms with Crippen molar-refractivity contribution >= 4 is 41.5 Å². The summed E-state index contributed by atoms with van der Waals surface area (Å²) in [5.74, 6) is -6.89. The van der Waals surface area contributed by atoms with Gasteiger partial charge in [-0.3, -0.25) is 25.2 Å². The number of carboxylic acid groups (broad SMARTS) is 2. The fourth-order valence-corrected chi connectivity index (χ4v) is 4.98. The lowest BCUT2D eigenvalue weighted by Crippen LogP contribution is -2.54. The minimum Gasteiger partial charge on any atom is -0.480 e. The molecule has 2 rings (SSSR count). The number of alkyl halides is 3. The number of nitrogens with zero attached hydrogens (tertiary/aromatic N) is 1. The molecule has 48 heavy (non-hydrogen) atoms. The molecule has 3 amide bonds. The van der Waals surface area contributed by atoms with Crippen molar-refractivity contribution < 1.29 is 47.4 Å². The summed E-state index contributed by atoms with van der Waals surface area (Å²) >= 11 is 0. The van der Waals surface area contributed by atoms with Gasteiger partial charge in [0.25, 0.3) is 0 Å². The van der Waals surface area contributed by atoms with E-state index in [1.54, 1.807) is 38.4 Å². The molecule has 1 fully saturated rings. The molecule has 0 saturated heterocycles. The molecule has 0 aliphatic heterocycles. The molecule has 0 heterocycles. The standard InChI is InChI=1S/C28H44N8O5.C2HF3O2/c1-36(2)26(39)20(15-18-10-12-19(13-11-18)23(29)30)24(37)35-22(16-17-7-4-3-5-8-17)25(38)34-21(27(40)41)9-6-14-33-28(31)32;3-2(4,5)1(6)7/h10-13,17,20-22H,3-9,14-16H2,1-2H3,(H3,29,30)(H,34,38)(H,35,37)(H,40,41)(H4,31,32,33);(H,6,7)/t20-,21?,22-;/m0./s1. The van der Waals surface area contributed by atoms with Gasteiger partial charge < -0.3 is 42.5 Å². The first kappa shape index (κ1) is 41.1. The number of carboxylic acids is 2. The number of hydrogen-bond donors (Lipinski definition) is 9. The van der Waals surface area contributed by atoms with Crippen LogP contribution in [0.1, 0.15) is 62.5 Å². The minimum atomic E-state index is -5.08. The number of guanidine groups is 1. The summed E-state index contributed by atoms with van der Waals surface area (Å²) in [4.78, 5) is 62.1. The van der Waals surface area contributed by atoms with Crippen LogP contribution in [0.15, 0.2) is 24.3 Å². The Balaban J connectivity index is 0.00000148. The van der Waals surface area contributed by atoms with E-state index in [0.29, 0.717) is 24.0 Å². The second-order valence-corrected chi connectivity index (χ2v) is 11.6. The Morgan fingerprint density at radius 1 is 0.938 bits per heavy atom. The summed E-state index contributed by atoms with van der Waals surface area (Å²) in [5.41, 5.74) is 12.0. The highest BCUT2D eigenvalue weighted by molar-refractivity contribution is 6.02. The molecule has 0 aromatic heterocycles. The molecule has 1 aromatic rings. The van der Waals surface area contributed by atoms with Gasteiger partial charge in [0.15, 0.2) is 5.96 Å². The summed E-state index contributed by atoms with van der Waals surface area (Å²) < 4.78 is 31.7. The van der Waals surface area contributed by atoms with Crippen LogP contribution in [0.5, 0.6) is 0 Å². The third-order valence-corrected chi connectivity index (χ3v) is 7.53. The second-order valence-electron chi connectivity index (χ2n) is 11.6. The van der Waals surface area contributed by atoms with Crippen LogP contribution < -0.4 is 27.4 Å². The number of aliphatic carboxylic acids is 2. The highest BCUT2D eigenvalue weighted by Crippen LogP contribution is 2.28. The number of rotatable bonds is 15. The van der Waals surface area contributed by atoms with Crippen molar-refractivity contribution in [2.45, 2.75) is 76.0 Å². The maximum atomic E-state index is 13.6. The van der Waals surface area contributed by atoms with Gasteiger partial charge in [-0.1, -0.05) is 56.4 Å². The SMILES string of the molecule is CN(C)C(=O)[C@@H](Cc1ccc(C(=N)N)cc1)C(=O)N[C@@H](CC1CCCCC1)C(=O)NC(CCCNC(=N)N)C(=O)O.O=C(O)C(F)(F)F. The first-order chi connectivity index (χ1) is 22.3. The molecule has 18 heteroatoms. The molecular weight excluding hydrogens is 641 g/mol. The van der Waals surface area contributed by atoms with Gasteiger partial charge in [-0.25, -0.2) is 9.59 Å². The predicted octanol–water partition coefficient (Wildman–Crippen LogP) is 1.14. The zero-order valence-electron chi connectivity index (χ0n) is 26.9. The van der Waals surface area contributed by atoms with Crippen LogP contribution >= 0.6 is 0 Å². The first-order valence-corrected chi connectivity index (χ1v) is 15.2. The van der Waals surface area contributed by atoms with Gasteiger partial charge in [-0.05, 0) is 37.2 Å². The Kier molecular flexibility index (Phi) is 16.9. The van der Waals surface area contributed by atoms with Gasteiger partial charge in [0.2, 0.25) is 17.7 Å². The highest BCUT2D eigenvalue weighted by atomic mass is 19.4. The number of nitrogens with one attached hydrogen (secondary N) is 5. The van der Waals surface area contributed by atoms with Crippen LogP contribution in [0.25, 0.3) is 0 Å². The van der Waals surface area contributed by atoms with E-state index in [4.69, 9.17) is 32.2 Å². The van der Waals surface area contributed by atoms with Crippen molar-refractivity contribution in [1.29, 1.82) is 10.8 Å². The largest absolute Gasteiger partial charge is 0.490 e. The van der Waals surface area contributed by atoms with Crippen molar-refractivity contribution in [2.75, 3.05) is 20.6 Å². The van der Waals surface area contributed by atoms with E-state index in [-0.39, 0.29) is 37.1 Å². The molecule has 0 spiro atoms. The number of amidine groups is 1. The number of carbonyl (C=O) groups is 5. The average molecular weight is 687 g/mol. The summed E-state index contributed by atoms with van der Waals surface area (Å²) in [6, 6.07) is 4.48. The molecule has 1 unspecified atom stereocenters. The zero-order valence-corrected chi connectivity index (χ0v) is 26.9. The minimum absolute atomic E-state index is 0.0691. The van der Waals surface area contributed by atoms with Crippen molar-refractivity contribution in [3.8, 4) is 0 Å². The average Bonchev–Trinajstić information content (AvgIpc) is 3.00. The number of halogens is 3. The van der Waals surface area contributed by atoms with Crippen molar-refractivity contribution in [1.82, 2.24) is 20.9 Å². The Morgan fingerprint density at radius 2 is 1.48 bits per heavy atom. The number of hydrogen-bond acceptors (Lipinski definition) is 7. The fourth-order valence-electron chi connectivity index (χ4n) is 4.98. The van der Waals surface area contributed by atoms with Gasteiger partial charge in [-0.2, -0.15) is 13.2 Å². The third-order valence-electron chi connectivity index (χ3n) is 7.53. The maximum Gasteiger partial charge on any atom is 0.490 e. The molecule has 3 atom stereocenters. The normalized spacial score (nSPS) is 14.9. The summed E-state index contributed by atoms with van der Waals surface area (Å²) in [6.07, 6.45) is 0.727. The maximum absolute atomic E-state index is 13.6. The fraction of sp³-hybridized carbons (Fsp3) is 0.567. The summed E-state index contributed by atoms with van der Waals surface area (Å²) in [5, 5.41) is 39.5. The number of amides is 3. The topological polar surface area (TPSA) is 265 Å². The number of benzene rings is 1. The monoisotopic (exact) mass is 686 g/mol. The van der Waals surface area contributed by atoms with E-state index in [0.717, 1.165) is 32.1 Å². The Bertz CT molecular complexity index is 1290. The molecular formula is C30H45F3N8O7. The molecule has 11 N–H and O–H groups in total. The number of nitrogen functional groups attached to an aromatic ring is 1. The molecule has 1 aliphatic carbocycles.